The lowest BCUT2D eigenvalue weighted by Gasteiger charge is -2.32. The van der Waals surface area contributed by atoms with Crippen LogP contribution in [0.3, 0.4) is 0 Å². The van der Waals surface area contributed by atoms with Crippen LogP contribution in [0.5, 0.6) is 0 Å². The monoisotopic (exact) mass is 488 g/mol. The van der Waals surface area contributed by atoms with Gasteiger partial charge in [-0.15, -0.1) is 0 Å². The van der Waals surface area contributed by atoms with Crippen LogP contribution in [0, 0.1) is 6.92 Å². The normalized spacial score (nSPS) is 14.5. The summed E-state index contributed by atoms with van der Waals surface area (Å²) in [4.78, 5) is 29.2. The van der Waals surface area contributed by atoms with Gasteiger partial charge in [-0.25, -0.2) is 0 Å². The Hall–Kier alpha value is -3.11. The summed E-state index contributed by atoms with van der Waals surface area (Å²) in [7, 11) is 0. The largest absolute Gasteiger partial charge is 0.352 e. The van der Waals surface area contributed by atoms with Crippen molar-refractivity contribution in [3.05, 3.63) is 106 Å². The van der Waals surface area contributed by atoms with Crippen LogP contribution in [0.2, 0.25) is 5.02 Å². The molecule has 2 amide bonds. The summed E-state index contributed by atoms with van der Waals surface area (Å²) in [6, 6.07) is 25.0. The topological polar surface area (TPSA) is 49.4 Å². The number of hydrogen-bond acceptors (Lipinski definition) is 2. The van der Waals surface area contributed by atoms with E-state index in [9.17, 15) is 9.59 Å². The van der Waals surface area contributed by atoms with Crippen molar-refractivity contribution in [1.82, 2.24) is 10.2 Å². The number of benzene rings is 3. The minimum Gasteiger partial charge on any atom is -0.352 e. The zero-order chi connectivity index (χ0) is 24.6. The van der Waals surface area contributed by atoms with E-state index in [-0.39, 0.29) is 30.8 Å². The van der Waals surface area contributed by atoms with Crippen molar-refractivity contribution in [3.8, 4) is 0 Å². The van der Waals surface area contributed by atoms with Gasteiger partial charge in [0, 0.05) is 24.0 Å². The van der Waals surface area contributed by atoms with Crippen molar-refractivity contribution in [3.63, 3.8) is 0 Å². The molecular weight excluding hydrogens is 456 g/mol. The molecule has 1 saturated carbocycles. The third kappa shape index (κ3) is 6.95. The average molecular weight is 489 g/mol. The van der Waals surface area contributed by atoms with Crippen LogP contribution < -0.4 is 5.32 Å². The molecule has 1 aliphatic rings. The minimum atomic E-state index is -0.632. The number of amides is 2. The molecule has 1 fully saturated rings. The fourth-order valence-corrected chi connectivity index (χ4v) is 4.91. The molecule has 0 heterocycles. The fraction of sp³-hybridized carbons (Fsp3) is 0.333. The van der Waals surface area contributed by atoms with Gasteiger partial charge < -0.3 is 10.2 Å². The van der Waals surface area contributed by atoms with Crippen molar-refractivity contribution in [2.75, 3.05) is 0 Å². The first-order valence-corrected chi connectivity index (χ1v) is 12.8. The van der Waals surface area contributed by atoms with E-state index in [0.717, 1.165) is 47.9 Å². The third-order valence-corrected chi connectivity index (χ3v) is 7.12. The molecule has 182 valence electrons. The standard InChI is InChI=1S/C30H33ClN2O2/c1-22-15-17-24(18-16-22)20-29(34)33(21-25-11-5-8-14-27(25)31)28(19-23-9-3-2-4-10-23)30(35)32-26-12-6-7-13-26/h2-5,8-11,14-18,26,28H,6-7,12-13,19-21H2,1H3,(H,32,35)/t28-/m0/s1. The summed E-state index contributed by atoms with van der Waals surface area (Å²) < 4.78 is 0. The highest BCUT2D eigenvalue weighted by Crippen LogP contribution is 2.23. The molecule has 1 atom stereocenters. The van der Waals surface area contributed by atoms with Crippen LogP contribution in [0.15, 0.2) is 78.9 Å². The van der Waals surface area contributed by atoms with Gasteiger partial charge in [0.25, 0.3) is 0 Å². The highest BCUT2D eigenvalue weighted by Gasteiger charge is 2.32. The van der Waals surface area contributed by atoms with Gasteiger partial charge >= 0.3 is 0 Å². The molecule has 0 saturated heterocycles. The van der Waals surface area contributed by atoms with E-state index >= 15 is 0 Å². The Balaban J connectivity index is 1.66. The van der Waals surface area contributed by atoms with E-state index in [1.165, 1.54) is 0 Å². The van der Waals surface area contributed by atoms with Gasteiger partial charge in [0.05, 0.1) is 6.42 Å². The lowest BCUT2D eigenvalue weighted by molar-refractivity contribution is -0.141. The first-order valence-electron chi connectivity index (χ1n) is 12.4. The summed E-state index contributed by atoms with van der Waals surface area (Å²) in [5.74, 6) is -0.179. The first-order chi connectivity index (χ1) is 17.0. The van der Waals surface area contributed by atoms with Crippen LogP contribution in [0.1, 0.15) is 47.9 Å². The van der Waals surface area contributed by atoms with E-state index < -0.39 is 6.04 Å². The number of hydrogen-bond donors (Lipinski definition) is 1. The highest BCUT2D eigenvalue weighted by molar-refractivity contribution is 6.31. The van der Waals surface area contributed by atoms with Gasteiger partial charge in [0.15, 0.2) is 0 Å². The number of carbonyl (C=O) groups excluding carboxylic acids is 2. The van der Waals surface area contributed by atoms with E-state index in [1.807, 2.05) is 85.8 Å². The SMILES string of the molecule is Cc1ccc(CC(=O)N(Cc2ccccc2Cl)[C@@H](Cc2ccccc2)C(=O)NC2CCCC2)cc1. The van der Waals surface area contributed by atoms with Crippen molar-refractivity contribution in [2.45, 2.75) is 64.1 Å². The Bertz CT molecular complexity index is 1120. The van der Waals surface area contributed by atoms with E-state index in [1.54, 1.807) is 4.90 Å². The lowest BCUT2D eigenvalue weighted by atomic mass is 10.0. The van der Waals surface area contributed by atoms with E-state index in [4.69, 9.17) is 11.6 Å². The van der Waals surface area contributed by atoms with Crippen molar-refractivity contribution < 1.29 is 9.59 Å². The zero-order valence-corrected chi connectivity index (χ0v) is 21.0. The predicted octanol–water partition coefficient (Wildman–Crippen LogP) is 5.89. The first kappa shape index (κ1) is 25.0. The van der Waals surface area contributed by atoms with Crippen LogP contribution in [-0.2, 0) is 29.0 Å². The van der Waals surface area contributed by atoms with Gasteiger partial charge in [0.2, 0.25) is 11.8 Å². The summed E-state index contributed by atoms with van der Waals surface area (Å²) in [5, 5.41) is 3.83. The molecule has 0 aliphatic heterocycles. The third-order valence-electron chi connectivity index (χ3n) is 6.75. The second-order valence-electron chi connectivity index (χ2n) is 9.47. The Kier molecular flexibility index (Phi) is 8.59. The molecule has 0 radical (unpaired) electrons. The second-order valence-corrected chi connectivity index (χ2v) is 9.88. The van der Waals surface area contributed by atoms with Gasteiger partial charge in [0.1, 0.15) is 6.04 Å². The second kappa shape index (κ2) is 12.0. The summed E-state index contributed by atoms with van der Waals surface area (Å²) in [6.45, 7) is 2.30. The number of aryl methyl sites for hydroxylation is 1. The van der Waals surface area contributed by atoms with Crippen LogP contribution in [-0.4, -0.2) is 28.8 Å². The number of nitrogens with one attached hydrogen (secondary N) is 1. The summed E-state index contributed by atoms with van der Waals surface area (Å²) in [6.07, 6.45) is 4.92. The van der Waals surface area contributed by atoms with Gasteiger partial charge in [-0.3, -0.25) is 9.59 Å². The zero-order valence-electron chi connectivity index (χ0n) is 20.3. The summed E-state index contributed by atoms with van der Waals surface area (Å²) in [5.41, 5.74) is 3.93. The number of nitrogens with zero attached hydrogens (tertiary/aromatic N) is 1. The fourth-order valence-electron chi connectivity index (χ4n) is 4.71. The molecule has 4 nitrogen and oxygen atoms in total. The van der Waals surface area contributed by atoms with Gasteiger partial charge in [-0.1, -0.05) is 103 Å². The molecule has 1 aliphatic carbocycles. The van der Waals surface area contributed by atoms with Gasteiger partial charge in [-0.2, -0.15) is 0 Å². The molecule has 35 heavy (non-hydrogen) atoms. The number of halogens is 1. The summed E-state index contributed by atoms with van der Waals surface area (Å²) >= 11 is 6.49. The van der Waals surface area contributed by atoms with Crippen molar-refractivity contribution in [2.24, 2.45) is 0 Å². The highest BCUT2D eigenvalue weighted by atomic mass is 35.5. The predicted molar refractivity (Wildman–Crippen MR) is 141 cm³/mol. The molecule has 1 N–H and O–H groups in total. The Morgan fingerprint density at radius 1 is 0.914 bits per heavy atom. The van der Waals surface area contributed by atoms with Crippen LogP contribution in [0.4, 0.5) is 0 Å². The maximum absolute atomic E-state index is 13.8. The molecule has 0 spiro atoms. The van der Waals surface area contributed by atoms with Gasteiger partial charge in [-0.05, 0) is 42.5 Å². The molecular formula is C30H33ClN2O2. The Labute approximate surface area is 213 Å². The number of carbonyl (C=O) groups is 2. The smallest absolute Gasteiger partial charge is 0.243 e. The number of rotatable bonds is 9. The van der Waals surface area contributed by atoms with Crippen molar-refractivity contribution in [1.29, 1.82) is 0 Å². The Morgan fingerprint density at radius 3 is 2.26 bits per heavy atom. The molecule has 0 aromatic heterocycles. The van der Waals surface area contributed by atoms with E-state index in [2.05, 4.69) is 5.32 Å². The maximum atomic E-state index is 13.8. The average Bonchev–Trinajstić information content (AvgIpc) is 3.37. The lowest BCUT2D eigenvalue weighted by Crippen LogP contribution is -2.52. The molecule has 0 unspecified atom stereocenters. The Morgan fingerprint density at radius 2 is 1.57 bits per heavy atom. The van der Waals surface area contributed by atoms with E-state index in [0.29, 0.717) is 11.4 Å². The van der Waals surface area contributed by atoms with Crippen LogP contribution in [0.25, 0.3) is 0 Å². The molecule has 5 heteroatoms. The molecule has 0 bridgehead atoms. The minimum absolute atomic E-state index is 0.0868. The molecule has 4 rings (SSSR count). The quantitative estimate of drug-likeness (QED) is 0.408. The molecule has 3 aromatic carbocycles. The van der Waals surface area contributed by atoms with Crippen molar-refractivity contribution >= 4 is 23.4 Å². The molecule has 3 aromatic rings. The maximum Gasteiger partial charge on any atom is 0.243 e. The van der Waals surface area contributed by atoms with Crippen LogP contribution >= 0.6 is 11.6 Å².